The Kier molecular flexibility index (Phi) is 9.60. The summed E-state index contributed by atoms with van der Waals surface area (Å²) >= 11 is 6.50. The maximum Gasteiger partial charge on any atom is 0.506 e. The fourth-order valence-electron chi connectivity index (χ4n) is 5.65. The summed E-state index contributed by atoms with van der Waals surface area (Å²) in [7, 11) is 0. The minimum absolute atomic E-state index is 0.441. The monoisotopic (exact) mass is 582 g/mol. The number of carbonyl (C=O) groups is 1. The lowest BCUT2D eigenvalue weighted by Gasteiger charge is -2.41. The van der Waals surface area contributed by atoms with Crippen molar-refractivity contribution in [3.63, 3.8) is 0 Å². The van der Waals surface area contributed by atoms with Crippen LogP contribution in [0.4, 0.5) is 4.79 Å². The lowest BCUT2D eigenvalue weighted by Crippen LogP contribution is -2.49. The van der Waals surface area contributed by atoms with Crippen LogP contribution in [0.25, 0.3) is 22.8 Å². The Labute approximate surface area is 246 Å². The van der Waals surface area contributed by atoms with Gasteiger partial charge in [0.15, 0.2) is 0 Å². The van der Waals surface area contributed by atoms with Gasteiger partial charge in [0, 0.05) is 74.7 Å². The van der Waals surface area contributed by atoms with Gasteiger partial charge in [-0.1, -0.05) is 60.9 Å². The van der Waals surface area contributed by atoms with Crippen molar-refractivity contribution in [2.45, 2.75) is 51.7 Å². The summed E-state index contributed by atoms with van der Waals surface area (Å²) in [5, 5.41) is 14.3. The second kappa shape index (κ2) is 13.3. The maximum absolute atomic E-state index is 11.5. The van der Waals surface area contributed by atoms with Crippen LogP contribution in [0.1, 0.15) is 44.2 Å². The minimum atomic E-state index is -1.19. The molecule has 1 N–H and O–H groups in total. The molecule has 0 bridgehead atoms. The molecule has 0 atom stereocenters. The highest BCUT2D eigenvalue weighted by molar-refractivity contribution is 6.31. The predicted molar refractivity (Wildman–Crippen MR) is 157 cm³/mol. The molecule has 0 saturated carbocycles. The molecular formula is C31H39ClN4O5. The summed E-state index contributed by atoms with van der Waals surface area (Å²) in [4.78, 5) is 20.8. The van der Waals surface area contributed by atoms with Gasteiger partial charge in [0.05, 0.1) is 13.2 Å². The Morgan fingerprint density at radius 2 is 1.76 bits per heavy atom. The molecule has 2 fully saturated rings. The van der Waals surface area contributed by atoms with Gasteiger partial charge in [-0.05, 0) is 35.6 Å². The number of nitrogens with zero attached hydrogens (tertiary/aromatic N) is 4. The van der Waals surface area contributed by atoms with Gasteiger partial charge in [0.2, 0.25) is 5.82 Å². The smallest absolute Gasteiger partial charge is 0.450 e. The van der Waals surface area contributed by atoms with Crippen LogP contribution in [0.15, 0.2) is 47.0 Å². The van der Waals surface area contributed by atoms with Crippen molar-refractivity contribution in [3.8, 4) is 22.8 Å². The lowest BCUT2D eigenvalue weighted by atomic mass is 9.87. The number of hydrogen-bond donors (Lipinski definition) is 1. The molecule has 41 heavy (non-hydrogen) atoms. The number of aromatic nitrogens is 2. The first-order valence-electron chi connectivity index (χ1n) is 14.4. The van der Waals surface area contributed by atoms with E-state index in [9.17, 15) is 9.90 Å². The number of benzene rings is 2. The summed E-state index contributed by atoms with van der Waals surface area (Å²) in [6.45, 7) is 10.7. The molecule has 3 aromatic rings. The SMILES string of the molecule is CC(C)Cc1ccc(-c2nc(-c3ccc(CN4CCC(CCN5CCOCC5)(OC(=O)O)CC4)cc3)no2)cc1Cl. The lowest BCUT2D eigenvalue weighted by molar-refractivity contribution is -0.0697. The molecule has 0 radical (unpaired) electrons. The van der Waals surface area contributed by atoms with Gasteiger partial charge in [-0.3, -0.25) is 9.80 Å². The van der Waals surface area contributed by atoms with Crippen LogP contribution in [0.2, 0.25) is 5.02 Å². The first-order valence-corrected chi connectivity index (χ1v) is 14.8. The van der Waals surface area contributed by atoms with Crippen molar-refractivity contribution in [1.29, 1.82) is 0 Å². The second-order valence-corrected chi connectivity index (χ2v) is 12.0. The van der Waals surface area contributed by atoms with Crippen molar-refractivity contribution >= 4 is 17.8 Å². The van der Waals surface area contributed by atoms with E-state index in [0.29, 0.717) is 41.9 Å². The number of carboxylic acid groups (broad SMARTS) is 1. The molecule has 0 spiro atoms. The highest BCUT2D eigenvalue weighted by atomic mass is 35.5. The summed E-state index contributed by atoms with van der Waals surface area (Å²) < 4.78 is 16.5. The van der Waals surface area contributed by atoms with E-state index in [1.54, 1.807) is 0 Å². The Bertz CT molecular complexity index is 1300. The van der Waals surface area contributed by atoms with Crippen molar-refractivity contribution in [1.82, 2.24) is 19.9 Å². The second-order valence-electron chi connectivity index (χ2n) is 11.6. The van der Waals surface area contributed by atoms with Crippen LogP contribution < -0.4 is 0 Å². The van der Waals surface area contributed by atoms with Gasteiger partial charge in [0.25, 0.3) is 5.89 Å². The van der Waals surface area contributed by atoms with Crippen LogP contribution in [0.5, 0.6) is 0 Å². The summed E-state index contributed by atoms with van der Waals surface area (Å²) in [5.74, 6) is 1.50. The molecular weight excluding hydrogens is 544 g/mol. The number of rotatable bonds is 10. The van der Waals surface area contributed by atoms with Gasteiger partial charge < -0.3 is 19.1 Å². The first kappa shape index (κ1) is 29.5. The Hall–Kier alpha value is -2.98. The third-order valence-corrected chi connectivity index (χ3v) is 8.38. The Morgan fingerprint density at radius 1 is 1.05 bits per heavy atom. The van der Waals surface area contributed by atoms with Gasteiger partial charge >= 0.3 is 6.16 Å². The molecule has 1 aromatic heterocycles. The largest absolute Gasteiger partial charge is 0.506 e. The maximum atomic E-state index is 11.5. The number of piperidine rings is 1. The molecule has 2 saturated heterocycles. The number of morpholine rings is 1. The third kappa shape index (κ3) is 7.86. The van der Waals surface area contributed by atoms with E-state index in [4.69, 9.17) is 25.6 Å². The van der Waals surface area contributed by atoms with Crippen LogP contribution in [0, 0.1) is 5.92 Å². The van der Waals surface area contributed by atoms with E-state index < -0.39 is 11.8 Å². The van der Waals surface area contributed by atoms with Crippen LogP contribution in [-0.2, 0) is 22.4 Å². The number of hydrogen-bond acceptors (Lipinski definition) is 8. The van der Waals surface area contributed by atoms with Gasteiger partial charge in [-0.2, -0.15) is 4.98 Å². The predicted octanol–water partition coefficient (Wildman–Crippen LogP) is 6.01. The zero-order valence-electron chi connectivity index (χ0n) is 23.9. The Morgan fingerprint density at radius 3 is 2.41 bits per heavy atom. The molecule has 220 valence electrons. The molecule has 10 heteroatoms. The van der Waals surface area contributed by atoms with Crippen LogP contribution >= 0.6 is 11.6 Å². The molecule has 0 unspecified atom stereocenters. The molecule has 2 aliphatic rings. The van der Waals surface area contributed by atoms with Gasteiger partial charge in [-0.15, -0.1) is 0 Å². The minimum Gasteiger partial charge on any atom is -0.450 e. The molecule has 2 aliphatic heterocycles. The topological polar surface area (TPSA) is 101 Å². The standard InChI is InChI=1S/C31H39ClN4O5/c1-22(2)19-25-7-8-26(20-27(25)32)29-33-28(34-41-29)24-5-3-23(4-6-24)21-36-13-10-31(11-14-36,40-30(37)38)9-12-35-15-17-39-18-16-35/h3-8,20,22H,9-19,21H2,1-2H3,(H,37,38). The third-order valence-electron chi connectivity index (χ3n) is 8.03. The number of ether oxygens (including phenoxy) is 2. The molecule has 5 rings (SSSR count). The number of likely N-dealkylation sites (tertiary alicyclic amines) is 1. The van der Waals surface area contributed by atoms with E-state index >= 15 is 0 Å². The summed E-state index contributed by atoms with van der Waals surface area (Å²) in [5.41, 5.74) is 3.34. The molecule has 2 aromatic carbocycles. The zero-order valence-corrected chi connectivity index (χ0v) is 24.6. The van der Waals surface area contributed by atoms with E-state index in [-0.39, 0.29) is 0 Å². The van der Waals surface area contributed by atoms with Crippen molar-refractivity contribution in [3.05, 3.63) is 58.6 Å². The van der Waals surface area contributed by atoms with Crippen molar-refractivity contribution < 1.29 is 23.9 Å². The zero-order chi connectivity index (χ0) is 28.8. The fraction of sp³-hybridized carbons (Fsp3) is 0.516. The van der Waals surface area contributed by atoms with Crippen molar-refractivity contribution in [2.75, 3.05) is 45.9 Å². The average molecular weight is 583 g/mol. The normalized spacial score (nSPS) is 18.0. The summed E-state index contributed by atoms with van der Waals surface area (Å²) in [6.07, 6.45) is 1.82. The molecule has 0 amide bonds. The first-order chi connectivity index (χ1) is 19.8. The molecule has 3 heterocycles. The highest BCUT2D eigenvalue weighted by Crippen LogP contribution is 2.32. The van der Waals surface area contributed by atoms with E-state index in [1.807, 2.05) is 30.3 Å². The molecule has 9 nitrogen and oxygen atoms in total. The highest BCUT2D eigenvalue weighted by Gasteiger charge is 2.38. The van der Waals surface area contributed by atoms with E-state index in [1.165, 1.54) is 5.56 Å². The van der Waals surface area contributed by atoms with Crippen molar-refractivity contribution in [2.24, 2.45) is 5.92 Å². The summed E-state index contributed by atoms with van der Waals surface area (Å²) in [6, 6.07) is 14.1. The van der Waals surface area contributed by atoms with E-state index in [2.05, 4.69) is 45.9 Å². The van der Waals surface area contributed by atoms with E-state index in [0.717, 1.165) is 75.6 Å². The average Bonchev–Trinajstić information content (AvgIpc) is 3.45. The Balaban J connectivity index is 1.16. The fourth-order valence-corrected chi connectivity index (χ4v) is 5.91. The van der Waals surface area contributed by atoms with Gasteiger partial charge in [-0.25, -0.2) is 4.79 Å². The quantitative estimate of drug-likeness (QED) is 0.288. The molecule has 0 aliphatic carbocycles. The van der Waals surface area contributed by atoms with Gasteiger partial charge in [0.1, 0.15) is 5.60 Å². The van der Waals surface area contributed by atoms with Crippen LogP contribution in [0.3, 0.4) is 0 Å². The number of halogens is 1. The van der Waals surface area contributed by atoms with Crippen LogP contribution in [-0.4, -0.2) is 82.7 Å².